The average Bonchev–Trinajstić information content (AvgIpc) is 3.29. The summed E-state index contributed by atoms with van der Waals surface area (Å²) < 4.78 is 51.8. The van der Waals surface area contributed by atoms with Crippen molar-refractivity contribution in [2.24, 2.45) is 0 Å². The predicted octanol–water partition coefficient (Wildman–Crippen LogP) is 6.90. The summed E-state index contributed by atoms with van der Waals surface area (Å²) in [6.07, 6.45) is 6.72. The van der Waals surface area contributed by atoms with Crippen LogP contribution in [0.5, 0.6) is 5.75 Å². The molecule has 2 amide bonds. The van der Waals surface area contributed by atoms with Crippen LogP contribution in [0.4, 0.5) is 37.6 Å². The summed E-state index contributed by atoms with van der Waals surface area (Å²) in [4.78, 5) is 53.6. The van der Waals surface area contributed by atoms with Crippen LogP contribution >= 0.6 is 23.1 Å². The SMILES string of the molecule is CCc1cc(Nc2ncc(Br)c(Nc3ccc4c(=O)n(CC)ncc4c3P(C)(C)=O)n2)c(OC)cc1N1CCC(N2CCN(CCc3cc(F)c([C@H]4CCC(=O)NC4=O)c(F)c3)CC2)CC1. The van der Waals surface area contributed by atoms with Gasteiger partial charge in [-0.25, -0.2) is 18.4 Å². The molecular formula is C47H56BrF2N10O5P. The number of piperidine rings is 2. The second-order valence-corrected chi connectivity index (χ2v) is 21.5. The number of nitrogens with zero attached hydrogens (tertiary/aromatic N) is 7. The van der Waals surface area contributed by atoms with Crippen LogP contribution < -0.4 is 36.5 Å². The van der Waals surface area contributed by atoms with Crippen LogP contribution in [0.1, 0.15) is 62.1 Å². The molecule has 3 aliphatic rings. The van der Waals surface area contributed by atoms with Crippen LogP contribution in [0.25, 0.3) is 10.8 Å². The van der Waals surface area contributed by atoms with Gasteiger partial charge in [0.05, 0.1) is 40.5 Å². The van der Waals surface area contributed by atoms with Crippen LogP contribution in [0, 0.1) is 11.6 Å². The molecule has 8 rings (SSSR count). The molecule has 3 fully saturated rings. The summed E-state index contributed by atoms with van der Waals surface area (Å²) in [5.41, 5.74) is 3.62. The lowest BCUT2D eigenvalue weighted by atomic mass is 9.89. The number of carbonyl (C=O) groups is 2. The third-order valence-electron chi connectivity index (χ3n) is 13.0. The molecular weight excluding hydrogens is 933 g/mol. The van der Waals surface area contributed by atoms with Gasteiger partial charge in [-0.15, -0.1) is 0 Å². The second kappa shape index (κ2) is 19.9. The Balaban J connectivity index is 0.881. The molecule has 19 heteroatoms. The van der Waals surface area contributed by atoms with E-state index in [9.17, 15) is 18.9 Å². The third kappa shape index (κ3) is 10.0. The topological polar surface area (TPSA) is 167 Å². The molecule has 3 aliphatic heterocycles. The van der Waals surface area contributed by atoms with Gasteiger partial charge in [0.2, 0.25) is 17.8 Å². The van der Waals surface area contributed by atoms with E-state index >= 15 is 8.78 Å². The zero-order chi connectivity index (χ0) is 46.9. The monoisotopic (exact) mass is 988 g/mol. The Morgan fingerprint density at radius 1 is 0.909 bits per heavy atom. The Bertz CT molecular complexity index is 2750. The molecule has 0 bridgehead atoms. The van der Waals surface area contributed by atoms with Gasteiger partial charge >= 0.3 is 0 Å². The number of nitrogens with one attached hydrogen (secondary N) is 3. The number of rotatable bonds is 14. The van der Waals surface area contributed by atoms with Gasteiger partial charge in [0.15, 0.2) is 0 Å². The standard InChI is InChI=1S/C47H56BrF2N10O5P/c1-6-29-24-38(54-47-51-27-34(48)44(56-47)53-37-10-8-31-33(43(37)66(4,5)64)26-52-60(7-2)46(31)63)40(65-3)25-39(29)59-16-13-30(14-17-59)58-20-18-57(19-21-58)15-12-28-22-35(49)42(36(50)23-28)32-9-11-41(61)55-45(32)62/h8,10,22-27,30,32H,6-7,9,11-21H2,1-5H3,(H,55,61,62)(H2,51,53,54,56)/t32-/m1/s1. The third-order valence-corrected chi connectivity index (χ3v) is 15.2. The van der Waals surface area contributed by atoms with Gasteiger partial charge in [0, 0.05) is 99.0 Å². The number of piperazine rings is 1. The lowest BCUT2D eigenvalue weighted by Crippen LogP contribution is -2.53. The molecule has 15 nitrogen and oxygen atoms in total. The van der Waals surface area contributed by atoms with Gasteiger partial charge in [0.25, 0.3) is 5.56 Å². The molecule has 2 aromatic heterocycles. The van der Waals surface area contributed by atoms with Gasteiger partial charge in [-0.3, -0.25) is 24.6 Å². The number of hydrogen-bond donors (Lipinski definition) is 3. The van der Waals surface area contributed by atoms with E-state index in [4.69, 9.17) is 9.72 Å². The maximum absolute atomic E-state index is 15.1. The number of amides is 2. The van der Waals surface area contributed by atoms with E-state index in [2.05, 4.69) is 75.7 Å². The number of hydrogen-bond acceptors (Lipinski definition) is 13. The summed E-state index contributed by atoms with van der Waals surface area (Å²) >= 11 is 3.58. The molecule has 66 heavy (non-hydrogen) atoms. The van der Waals surface area contributed by atoms with Crippen LogP contribution in [0.3, 0.4) is 0 Å². The van der Waals surface area contributed by atoms with E-state index in [1.807, 2.05) is 6.92 Å². The Hall–Kier alpha value is -5.29. The quantitative estimate of drug-likeness (QED) is 0.0778. The number of halogens is 3. The van der Waals surface area contributed by atoms with Crippen molar-refractivity contribution in [3.05, 3.63) is 91.9 Å². The summed E-state index contributed by atoms with van der Waals surface area (Å²) in [6.45, 7) is 13.8. The minimum Gasteiger partial charge on any atom is -0.494 e. The van der Waals surface area contributed by atoms with Gasteiger partial charge in [-0.05, 0) is 110 Å². The molecule has 0 aliphatic carbocycles. The Morgan fingerprint density at radius 3 is 2.29 bits per heavy atom. The average molecular weight is 990 g/mol. The van der Waals surface area contributed by atoms with Crippen molar-refractivity contribution in [3.8, 4) is 5.75 Å². The van der Waals surface area contributed by atoms with Gasteiger partial charge < -0.3 is 29.7 Å². The van der Waals surface area contributed by atoms with Crippen molar-refractivity contribution in [1.82, 2.24) is 34.9 Å². The molecule has 5 heterocycles. The molecule has 0 spiro atoms. The summed E-state index contributed by atoms with van der Waals surface area (Å²) in [5, 5.41) is 14.7. The van der Waals surface area contributed by atoms with E-state index < -0.39 is 36.5 Å². The lowest BCUT2D eigenvalue weighted by molar-refractivity contribution is -0.134. The Morgan fingerprint density at radius 2 is 1.64 bits per heavy atom. The summed E-state index contributed by atoms with van der Waals surface area (Å²) in [5.74, 6) is -2.14. The van der Waals surface area contributed by atoms with Gasteiger partial charge in [-0.1, -0.05) is 6.92 Å². The number of fused-ring (bicyclic) bond motifs is 1. The minimum atomic E-state index is -2.91. The minimum absolute atomic E-state index is 0.0591. The van der Waals surface area contributed by atoms with E-state index in [-0.39, 0.29) is 24.0 Å². The molecule has 0 radical (unpaired) electrons. The second-order valence-electron chi connectivity index (χ2n) is 17.5. The number of aromatic nitrogens is 4. The number of anilines is 5. The fourth-order valence-corrected chi connectivity index (χ4v) is 11.3. The van der Waals surface area contributed by atoms with Crippen LogP contribution in [-0.2, 0) is 33.5 Å². The highest BCUT2D eigenvalue weighted by Gasteiger charge is 2.33. The largest absolute Gasteiger partial charge is 0.494 e. The van der Waals surface area contributed by atoms with Crippen LogP contribution in [0.15, 0.2) is 58.1 Å². The van der Waals surface area contributed by atoms with E-state index in [1.165, 1.54) is 16.8 Å². The molecule has 3 aromatic carbocycles. The highest BCUT2D eigenvalue weighted by atomic mass is 79.9. The molecule has 1 atom stereocenters. The first-order valence-corrected chi connectivity index (χ1v) is 25.9. The fourth-order valence-electron chi connectivity index (χ4n) is 9.57. The fraction of sp³-hybridized carbons (Fsp3) is 0.447. The lowest BCUT2D eigenvalue weighted by Gasteiger charge is -2.43. The van der Waals surface area contributed by atoms with Crippen LogP contribution in [0.2, 0.25) is 0 Å². The molecule has 0 unspecified atom stereocenters. The van der Waals surface area contributed by atoms with Crippen LogP contribution in [-0.4, -0.2) is 114 Å². The summed E-state index contributed by atoms with van der Waals surface area (Å²) in [7, 11) is -1.27. The molecule has 5 aromatic rings. The van der Waals surface area contributed by atoms with Gasteiger partial charge in [0.1, 0.15) is 30.3 Å². The predicted molar refractivity (Wildman–Crippen MR) is 258 cm³/mol. The number of aryl methyl sites for hydroxylation is 2. The van der Waals surface area contributed by atoms with E-state index in [0.29, 0.717) is 74.9 Å². The number of ether oxygens (including phenoxy) is 1. The molecule has 3 saturated heterocycles. The van der Waals surface area contributed by atoms with Crippen molar-refractivity contribution < 1.29 is 27.7 Å². The zero-order valence-corrected chi connectivity index (χ0v) is 40.4. The highest BCUT2D eigenvalue weighted by molar-refractivity contribution is 9.10. The molecule has 350 valence electrons. The zero-order valence-electron chi connectivity index (χ0n) is 37.9. The summed E-state index contributed by atoms with van der Waals surface area (Å²) in [6, 6.07) is 10.8. The van der Waals surface area contributed by atoms with E-state index in [1.54, 1.807) is 45.0 Å². The number of carbonyl (C=O) groups excluding carboxylic acids is 2. The van der Waals surface area contributed by atoms with Crippen molar-refractivity contribution in [3.63, 3.8) is 0 Å². The van der Waals surface area contributed by atoms with Crippen molar-refractivity contribution in [2.45, 2.75) is 70.9 Å². The number of imide groups is 1. The highest BCUT2D eigenvalue weighted by Crippen LogP contribution is 2.42. The first kappa shape index (κ1) is 47.2. The molecule has 0 saturated carbocycles. The van der Waals surface area contributed by atoms with Crippen molar-refractivity contribution in [2.75, 3.05) is 81.8 Å². The Kier molecular flexibility index (Phi) is 14.2. The molecule has 3 N–H and O–H groups in total. The normalized spacial score (nSPS) is 17.9. The maximum atomic E-state index is 15.1. The smallest absolute Gasteiger partial charge is 0.274 e. The van der Waals surface area contributed by atoms with Crippen molar-refractivity contribution >= 4 is 79.8 Å². The maximum Gasteiger partial charge on any atom is 0.274 e. The van der Waals surface area contributed by atoms with E-state index in [0.717, 1.165) is 75.5 Å². The number of methoxy groups -OCH3 is 1. The number of benzene rings is 3. The Labute approximate surface area is 391 Å². The first-order chi connectivity index (χ1) is 31.6. The van der Waals surface area contributed by atoms with Gasteiger partial charge in [-0.2, -0.15) is 10.1 Å². The van der Waals surface area contributed by atoms with Crippen molar-refractivity contribution in [1.29, 1.82) is 0 Å². The first-order valence-electron chi connectivity index (χ1n) is 22.5.